The summed E-state index contributed by atoms with van der Waals surface area (Å²) in [6.45, 7) is 3.84. The molecule has 2 aromatic carbocycles. The normalized spacial score (nSPS) is 16.2. The molecule has 0 aliphatic carbocycles. The monoisotopic (exact) mass is 360 g/mol. The number of nitrogens with one attached hydrogen (secondary N) is 1. The van der Waals surface area contributed by atoms with Gasteiger partial charge in [-0.2, -0.15) is 8.42 Å². The fourth-order valence-electron chi connectivity index (χ4n) is 2.58. The van der Waals surface area contributed by atoms with Crippen LogP contribution in [-0.4, -0.2) is 14.3 Å². The smallest absolute Gasteiger partial charge is 0.285 e. The number of aryl methyl sites for hydroxylation is 1. The van der Waals surface area contributed by atoms with Gasteiger partial charge in [0.05, 0.1) is 0 Å². The van der Waals surface area contributed by atoms with E-state index in [1.165, 1.54) is 5.56 Å². The lowest BCUT2D eigenvalue weighted by Gasteiger charge is -2.08. The van der Waals surface area contributed by atoms with Crippen molar-refractivity contribution in [1.29, 1.82) is 0 Å². The fraction of sp³-hybridized carbons (Fsp3) is 0.167. The molecule has 6 heteroatoms. The van der Waals surface area contributed by atoms with Gasteiger partial charge in [-0.05, 0) is 48.7 Å². The molecule has 124 valence electrons. The molecule has 0 atom stereocenters. The molecule has 1 heterocycles. The third-order valence-electron chi connectivity index (χ3n) is 3.90. The lowest BCUT2D eigenvalue weighted by Crippen LogP contribution is -2.11. The van der Waals surface area contributed by atoms with E-state index in [0.29, 0.717) is 22.0 Å². The van der Waals surface area contributed by atoms with Gasteiger partial charge in [0.15, 0.2) is 0 Å². The lowest BCUT2D eigenvalue weighted by molar-refractivity contribution is 0.608. The van der Waals surface area contributed by atoms with Crippen molar-refractivity contribution in [3.63, 3.8) is 0 Å². The minimum absolute atomic E-state index is 0.215. The van der Waals surface area contributed by atoms with Crippen molar-refractivity contribution in [3.8, 4) is 0 Å². The summed E-state index contributed by atoms with van der Waals surface area (Å²) in [6.07, 6.45) is 0.954. The van der Waals surface area contributed by atoms with Gasteiger partial charge in [-0.15, -0.1) is 4.40 Å². The molecule has 0 amide bonds. The van der Waals surface area contributed by atoms with E-state index in [4.69, 9.17) is 11.6 Å². The highest BCUT2D eigenvalue weighted by atomic mass is 35.5. The number of sulfonamides is 1. The molecule has 0 aromatic heterocycles. The van der Waals surface area contributed by atoms with Crippen molar-refractivity contribution < 1.29 is 8.42 Å². The summed E-state index contributed by atoms with van der Waals surface area (Å²) >= 11 is 5.88. The first kappa shape index (κ1) is 16.7. The van der Waals surface area contributed by atoms with E-state index >= 15 is 0 Å². The van der Waals surface area contributed by atoms with Gasteiger partial charge in [-0.3, -0.25) is 0 Å². The largest absolute Gasteiger partial charge is 0.339 e. The number of hydrogen-bond acceptors (Lipinski definition) is 3. The third kappa shape index (κ3) is 3.23. The molecule has 1 aliphatic rings. The van der Waals surface area contributed by atoms with Crippen LogP contribution >= 0.6 is 11.6 Å². The summed E-state index contributed by atoms with van der Waals surface area (Å²) < 4.78 is 28.8. The van der Waals surface area contributed by atoms with E-state index in [2.05, 4.69) is 16.6 Å². The van der Waals surface area contributed by atoms with Crippen LogP contribution in [0.5, 0.6) is 0 Å². The van der Waals surface area contributed by atoms with Crippen molar-refractivity contribution in [2.75, 3.05) is 5.32 Å². The van der Waals surface area contributed by atoms with Gasteiger partial charge in [0, 0.05) is 16.3 Å². The van der Waals surface area contributed by atoms with E-state index < -0.39 is 10.0 Å². The highest BCUT2D eigenvalue weighted by Crippen LogP contribution is 2.33. The van der Waals surface area contributed by atoms with Crippen molar-refractivity contribution in [1.82, 2.24) is 0 Å². The Balaban J connectivity index is 1.95. The highest BCUT2D eigenvalue weighted by Gasteiger charge is 2.30. The third-order valence-corrected chi connectivity index (χ3v) is 5.63. The van der Waals surface area contributed by atoms with Gasteiger partial charge in [-0.1, -0.05) is 42.8 Å². The molecule has 1 aliphatic heterocycles. The van der Waals surface area contributed by atoms with E-state index in [1.807, 2.05) is 24.3 Å². The summed E-state index contributed by atoms with van der Waals surface area (Å²) in [4.78, 5) is 0.215. The molecule has 1 N–H and O–H groups in total. The molecule has 0 bridgehead atoms. The van der Waals surface area contributed by atoms with Gasteiger partial charge < -0.3 is 5.32 Å². The number of rotatable bonds is 3. The first-order valence-electron chi connectivity index (χ1n) is 7.59. The summed E-state index contributed by atoms with van der Waals surface area (Å²) in [5, 5.41) is 3.65. The number of amidine groups is 1. The lowest BCUT2D eigenvalue weighted by atomic mass is 10.1. The van der Waals surface area contributed by atoms with E-state index in [9.17, 15) is 8.42 Å². The van der Waals surface area contributed by atoms with Crippen molar-refractivity contribution in [2.45, 2.75) is 20.3 Å². The maximum Gasteiger partial charge on any atom is 0.285 e. The van der Waals surface area contributed by atoms with Crippen LogP contribution < -0.4 is 5.32 Å². The maximum absolute atomic E-state index is 12.4. The molecule has 24 heavy (non-hydrogen) atoms. The van der Waals surface area contributed by atoms with Gasteiger partial charge in [0.1, 0.15) is 10.7 Å². The van der Waals surface area contributed by atoms with Crippen LogP contribution in [0.2, 0.25) is 5.02 Å². The standard InChI is InChI=1S/C18H17ClN2O2S/c1-3-13-4-10-16(11-5-13)20-18-12(2)17(24(22,23)21-18)14-6-8-15(19)9-7-14/h4-11H,3H2,1-2H3,(H,20,21). The first-order chi connectivity index (χ1) is 11.4. The quantitative estimate of drug-likeness (QED) is 0.877. The molecule has 0 saturated heterocycles. The van der Waals surface area contributed by atoms with Crippen molar-refractivity contribution in [2.24, 2.45) is 4.40 Å². The molecule has 0 fully saturated rings. The molecule has 4 nitrogen and oxygen atoms in total. The molecule has 0 radical (unpaired) electrons. The predicted molar refractivity (Wildman–Crippen MR) is 99.8 cm³/mol. The van der Waals surface area contributed by atoms with Gasteiger partial charge in [-0.25, -0.2) is 0 Å². The molecule has 3 rings (SSSR count). The molecule has 0 spiro atoms. The van der Waals surface area contributed by atoms with Crippen LogP contribution in [0.4, 0.5) is 5.69 Å². The molecular formula is C18H17ClN2O2S. The van der Waals surface area contributed by atoms with Crippen molar-refractivity contribution in [3.05, 3.63) is 70.3 Å². The van der Waals surface area contributed by atoms with Gasteiger partial charge >= 0.3 is 0 Å². The van der Waals surface area contributed by atoms with Crippen LogP contribution in [0.1, 0.15) is 25.0 Å². The zero-order chi connectivity index (χ0) is 17.3. The van der Waals surface area contributed by atoms with Crippen LogP contribution in [0, 0.1) is 0 Å². The number of anilines is 1. The minimum Gasteiger partial charge on any atom is -0.339 e. The Morgan fingerprint density at radius 1 is 1.04 bits per heavy atom. The summed E-state index contributed by atoms with van der Waals surface area (Å²) in [6, 6.07) is 14.6. The minimum atomic E-state index is -3.72. The number of nitrogens with zero attached hydrogens (tertiary/aromatic N) is 1. The average Bonchev–Trinajstić information content (AvgIpc) is 2.78. The van der Waals surface area contributed by atoms with E-state index in [0.717, 1.165) is 12.1 Å². The number of hydrogen-bond donors (Lipinski definition) is 1. The number of benzene rings is 2. The Kier molecular flexibility index (Phi) is 4.47. The Bertz CT molecular complexity index is 928. The van der Waals surface area contributed by atoms with Crippen LogP contribution in [0.15, 0.2) is 58.5 Å². The van der Waals surface area contributed by atoms with Crippen molar-refractivity contribution >= 4 is 38.1 Å². The Labute approximate surface area is 146 Å². The molecule has 0 saturated carbocycles. The van der Waals surface area contributed by atoms with Crippen LogP contribution in [0.25, 0.3) is 4.91 Å². The Morgan fingerprint density at radius 3 is 2.25 bits per heavy atom. The predicted octanol–water partition coefficient (Wildman–Crippen LogP) is 4.49. The summed E-state index contributed by atoms with van der Waals surface area (Å²) in [5.41, 5.74) is 3.20. The van der Waals surface area contributed by atoms with E-state index in [-0.39, 0.29) is 4.91 Å². The van der Waals surface area contributed by atoms with Crippen LogP contribution in [0.3, 0.4) is 0 Å². The molecule has 2 aromatic rings. The second-order valence-corrected chi connectivity index (χ2v) is 7.53. The first-order valence-corrected chi connectivity index (χ1v) is 9.40. The van der Waals surface area contributed by atoms with Gasteiger partial charge in [0.25, 0.3) is 10.0 Å². The second kappa shape index (κ2) is 6.42. The van der Waals surface area contributed by atoms with E-state index in [1.54, 1.807) is 31.2 Å². The van der Waals surface area contributed by atoms with Crippen LogP contribution in [-0.2, 0) is 16.4 Å². The SMILES string of the molecule is CCc1ccc(NC2=NS(=O)(=O)C(c3ccc(Cl)cc3)=C2C)cc1. The second-order valence-electron chi connectivity index (χ2n) is 5.55. The fourth-order valence-corrected chi connectivity index (χ4v) is 4.14. The van der Waals surface area contributed by atoms with Gasteiger partial charge in [0.2, 0.25) is 0 Å². The Hall–Kier alpha value is -2.11. The topological polar surface area (TPSA) is 58.5 Å². The zero-order valence-electron chi connectivity index (χ0n) is 13.4. The highest BCUT2D eigenvalue weighted by molar-refractivity contribution is 8.00. The maximum atomic E-state index is 12.4. The zero-order valence-corrected chi connectivity index (χ0v) is 14.9. The molecular weight excluding hydrogens is 344 g/mol. The summed E-state index contributed by atoms with van der Waals surface area (Å²) in [5.74, 6) is 0.351. The average molecular weight is 361 g/mol. The Morgan fingerprint density at radius 2 is 1.67 bits per heavy atom. The molecule has 0 unspecified atom stereocenters. The number of halogens is 1. The summed E-state index contributed by atoms with van der Waals surface area (Å²) in [7, 11) is -3.72.